The van der Waals surface area contributed by atoms with E-state index in [9.17, 15) is 9.90 Å². The second-order valence-corrected chi connectivity index (χ2v) is 9.50. The minimum atomic E-state index is -0.781. The lowest BCUT2D eigenvalue weighted by atomic mass is 9.92. The van der Waals surface area contributed by atoms with Gasteiger partial charge in [0, 0.05) is 12.6 Å². The maximum atomic E-state index is 11.2. The summed E-state index contributed by atoms with van der Waals surface area (Å²) in [5.41, 5.74) is 4.04. The van der Waals surface area contributed by atoms with Crippen molar-refractivity contribution < 1.29 is 9.90 Å². The number of benzene rings is 1. The summed E-state index contributed by atoms with van der Waals surface area (Å²) in [6, 6.07) is 10.6. The first-order chi connectivity index (χ1) is 14.8. The first-order valence-corrected chi connectivity index (χ1v) is 11.7. The highest BCUT2D eigenvalue weighted by Gasteiger charge is 2.25. The van der Waals surface area contributed by atoms with Crippen LogP contribution in [0.2, 0.25) is 5.15 Å². The Labute approximate surface area is 190 Å². The Morgan fingerprint density at radius 3 is 2.55 bits per heavy atom. The Balaban J connectivity index is 2.00. The van der Waals surface area contributed by atoms with Crippen LogP contribution in [-0.2, 0) is 4.79 Å². The molecule has 0 saturated heterocycles. The van der Waals surface area contributed by atoms with Crippen molar-refractivity contribution in [2.24, 2.45) is 5.92 Å². The Morgan fingerprint density at radius 1 is 1.19 bits per heavy atom. The summed E-state index contributed by atoms with van der Waals surface area (Å²) in [6.45, 7) is 7.47. The Bertz CT molecular complexity index is 864. The van der Waals surface area contributed by atoms with Crippen LogP contribution in [0.4, 0.5) is 17.1 Å². The third-order valence-electron chi connectivity index (χ3n) is 5.96. The van der Waals surface area contributed by atoms with Gasteiger partial charge in [-0.25, -0.2) is 4.98 Å². The summed E-state index contributed by atoms with van der Waals surface area (Å²) in [7, 11) is 0. The van der Waals surface area contributed by atoms with E-state index in [2.05, 4.69) is 47.2 Å². The molecule has 0 amide bonds. The number of rotatable bonds is 9. The summed E-state index contributed by atoms with van der Waals surface area (Å²) in [5.74, 6) is -0.308. The number of aliphatic carboxylic acids is 1. The van der Waals surface area contributed by atoms with E-state index in [1.54, 1.807) is 12.3 Å². The van der Waals surface area contributed by atoms with Crippen LogP contribution in [0.5, 0.6) is 0 Å². The van der Waals surface area contributed by atoms with Crippen molar-refractivity contribution in [2.45, 2.75) is 71.3 Å². The van der Waals surface area contributed by atoms with Gasteiger partial charge in [-0.1, -0.05) is 57.7 Å². The zero-order valence-electron chi connectivity index (χ0n) is 18.8. The van der Waals surface area contributed by atoms with Crippen molar-refractivity contribution >= 4 is 34.6 Å². The van der Waals surface area contributed by atoms with E-state index in [1.165, 1.54) is 37.8 Å². The number of halogens is 1. The van der Waals surface area contributed by atoms with E-state index in [1.807, 2.05) is 13.0 Å². The van der Waals surface area contributed by atoms with Gasteiger partial charge in [-0.3, -0.25) is 4.79 Å². The van der Waals surface area contributed by atoms with Crippen LogP contribution in [0, 0.1) is 5.92 Å². The Kier molecular flexibility index (Phi) is 8.19. The van der Waals surface area contributed by atoms with Crippen LogP contribution in [-0.4, -0.2) is 28.6 Å². The monoisotopic (exact) mass is 443 g/mol. The highest BCUT2D eigenvalue weighted by molar-refractivity contribution is 6.29. The lowest BCUT2D eigenvalue weighted by molar-refractivity contribution is -0.137. The molecular formula is C25H34ClN3O2. The van der Waals surface area contributed by atoms with Crippen molar-refractivity contribution in [3.05, 3.63) is 47.2 Å². The minimum absolute atomic E-state index is 0.0660. The van der Waals surface area contributed by atoms with Gasteiger partial charge in [0.2, 0.25) is 0 Å². The van der Waals surface area contributed by atoms with Gasteiger partial charge in [0.15, 0.2) is 0 Å². The highest BCUT2D eigenvalue weighted by atomic mass is 35.5. The van der Waals surface area contributed by atoms with Gasteiger partial charge in [-0.2, -0.15) is 0 Å². The molecule has 1 aliphatic carbocycles. The van der Waals surface area contributed by atoms with E-state index >= 15 is 0 Å². The van der Waals surface area contributed by atoms with E-state index in [-0.39, 0.29) is 12.3 Å². The molecule has 1 aromatic heterocycles. The van der Waals surface area contributed by atoms with Crippen LogP contribution in [0.1, 0.15) is 70.8 Å². The van der Waals surface area contributed by atoms with E-state index < -0.39 is 5.97 Å². The molecule has 1 aliphatic rings. The number of carboxylic acids is 1. The molecule has 2 aromatic rings. The molecule has 0 aliphatic heterocycles. The zero-order chi connectivity index (χ0) is 22.4. The van der Waals surface area contributed by atoms with Crippen molar-refractivity contribution in [3.8, 4) is 0 Å². The van der Waals surface area contributed by atoms with Crippen LogP contribution < -0.4 is 10.2 Å². The molecule has 1 atom stereocenters. The normalized spacial score (nSPS) is 15.6. The molecular weight excluding hydrogens is 410 g/mol. The SMILES string of the molecule is CC(C)CN(c1ccc([C@H](C)CC(=O)O)cc1Nc1ccc(Cl)nc1)C1CCCCC1. The first-order valence-electron chi connectivity index (χ1n) is 11.3. The number of nitrogens with one attached hydrogen (secondary N) is 1. The van der Waals surface area contributed by atoms with Crippen molar-refractivity contribution in [2.75, 3.05) is 16.8 Å². The van der Waals surface area contributed by atoms with Gasteiger partial charge in [-0.05, 0) is 54.5 Å². The maximum Gasteiger partial charge on any atom is 0.303 e. The van der Waals surface area contributed by atoms with Gasteiger partial charge >= 0.3 is 5.97 Å². The van der Waals surface area contributed by atoms with E-state index in [0.29, 0.717) is 17.1 Å². The first kappa shape index (κ1) is 23.4. The highest BCUT2D eigenvalue weighted by Crippen LogP contribution is 2.37. The average Bonchev–Trinajstić information content (AvgIpc) is 2.74. The Morgan fingerprint density at radius 2 is 1.94 bits per heavy atom. The van der Waals surface area contributed by atoms with Crippen LogP contribution in [0.3, 0.4) is 0 Å². The number of aromatic nitrogens is 1. The molecule has 1 fully saturated rings. The summed E-state index contributed by atoms with van der Waals surface area (Å²) >= 11 is 5.97. The maximum absolute atomic E-state index is 11.2. The number of nitrogens with zero attached hydrogens (tertiary/aromatic N) is 2. The van der Waals surface area contributed by atoms with Crippen LogP contribution in [0.15, 0.2) is 36.5 Å². The standard InChI is InChI=1S/C25H34ClN3O2/c1-17(2)16-29(21-7-5-4-6-8-21)23-11-9-19(18(3)13-25(30)31)14-22(23)28-20-10-12-24(26)27-15-20/h9-12,14-15,17-18,21,28H,4-8,13,16H2,1-3H3,(H,30,31)/t18-/m1/s1. The molecule has 2 N–H and O–H groups in total. The predicted molar refractivity (Wildman–Crippen MR) is 129 cm³/mol. The number of pyridine rings is 1. The van der Waals surface area contributed by atoms with E-state index in [4.69, 9.17) is 11.6 Å². The summed E-state index contributed by atoms with van der Waals surface area (Å²) < 4.78 is 0. The number of anilines is 3. The fraction of sp³-hybridized carbons (Fsp3) is 0.520. The van der Waals surface area contributed by atoms with Gasteiger partial charge in [-0.15, -0.1) is 0 Å². The van der Waals surface area contributed by atoms with Crippen molar-refractivity contribution in [1.82, 2.24) is 4.98 Å². The molecule has 5 nitrogen and oxygen atoms in total. The predicted octanol–water partition coefficient (Wildman–Crippen LogP) is 6.85. The molecule has 0 spiro atoms. The molecule has 3 rings (SSSR count). The van der Waals surface area contributed by atoms with Gasteiger partial charge in [0.1, 0.15) is 5.15 Å². The minimum Gasteiger partial charge on any atom is -0.481 e. The molecule has 0 unspecified atom stereocenters. The van der Waals surface area contributed by atoms with Crippen LogP contribution in [0.25, 0.3) is 0 Å². The number of carboxylic acid groups (broad SMARTS) is 1. The molecule has 0 radical (unpaired) electrons. The Hall–Kier alpha value is -2.27. The largest absolute Gasteiger partial charge is 0.481 e. The number of hydrogen-bond acceptors (Lipinski definition) is 4. The molecule has 168 valence electrons. The molecule has 1 aromatic carbocycles. The lowest BCUT2D eigenvalue weighted by Gasteiger charge is -2.38. The van der Waals surface area contributed by atoms with Crippen molar-refractivity contribution in [3.63, 3.8) is 0 Å². The molecule has 1 saturated carbocycles. The quantitative estimate of drug-likeness (QED) is 0.415. The van der Waals surface area contributed by atoms with Crippen molar-refractivity contribution in [1.29, 1.82) is 0 Å². The third kappa shape index (κ3) is 6.60. The second kappa shape index (κ2) is 10.9. The smallest absolute Gasteiger partial charge is 0.303 e. The van der Waals surface area contributed by atoms with Crippen LogP contribution >= 0.6 is 11.6 Å². The molecule has 0 bridgehead atoms. The molecule has 6 heteroatoms. The number of hydrogen-bond donors (Lipinski definition) is 2. The third-order valence-corrected chi connectivity index (χ3v) is 6.19. The zero-order valence-corrected chi connectivity index (χ0v) is 19.5. The summed E-state index contributed by atoms with van der Waals surface area (Å²) in [5, 5.41) is 13.2. The average molecular weight is 444 g/mol. The topological polar surface area (TPSA) is 65.5 Å². The second-order valence-electron chi connectivity index (χ2n) is 9.11. The van der Waals surface area contributed by atoms with Gasteiger partial charge < -0.3 is 15.3 Å². The van der Waals surface area contributed by atoms with E-state index in [0.717, 1.165) is 23.5 Å². The lowest BCUT2D eigenvalue weighted by Crippen LogP contribution is -2.39. The molecule has 31 heavy (non-hydrogen) atoms. The summed E-state index contributed by atoms with van der Waals surface area (Å²) in [4.78, 5) is 18.0. The molecule has 1 heterocycles. The summed E-state index contributed by atoms with van der Waals surface area (Å²) in [6.07, 6.45) is 8.14. The van der Waals surface area contributed by atoms with Gasteiger partial charge in [0.25, 0.3) is 0 Å². The van der Waals surface area contributed by atoms with Gasteiger partial charge in [0.05, 0.1) is 29.7 Å². The fourth-order valence-electron chi connectivity index (χ4n) is 4.43. The number of carbonyl (C=O) groups is 1. The fourth-order valence-corrected chi connectivity index (χ4v) is 4.54.